The molecule has 0 unspecified atom stereocenters. The van der Waals surface area contributed by atoms with Crippen LogP contribution in [-0.2, 0) is 9.53 Å². The molecular formula is C16H23Cl2N5O2. The number of hydrogen-bond donors (Lipinski definition) is 2. The zero-order valence-corrected chi connectivity index (χ0v) is 15.8. The van der Waals surface area contributed by atoms with Gasteiger partial charge in [0.2, 0.25) is 0 Å². The highest BCUT2D eigenvalue weighted by molar-refractivity contribution is 5.94. The van der Waals surface area contributed by atoms with Crippen LogP contribution < -0.4 is 11.1 Å². The molecule has 9 heteroatoms. The molecule has 0 spiro atoms. The van der Waals surface area contributed by atoms with Gasteiger partial charge in [-0.05, 0) is 44.9 Å². The van der Waals surface area contributed by atoms with E-state index in [0.29, 0.717) is 24.5 Å². The largest absolute Gasteiger partial charge is 0.364 e. The van der Waals surface area contributed by atoms with Crippen LogP contribution in [-0.4, -0.2) is 39.4 Å². The molecular weight excluding hydrogens is 365 g/mol. The van der Waals surface area contributed by atoms with Crippen LogP contribution in [0.25, 0.3) is 5.82 Å². The second-order valence-corrected chi connectivity index (χ2v) is 5.79. The van der Waals surface area contributed by atoms with Gasteiger partial charge in [0, 0.05) is 12.2 Å². The first-order valence-electron chi connectivity index (χ1n) is 7.73. The van der Waals surface area contributed by atoms with Gasteiger partial charge in [0.05, 0.1) is 23.7 Å². The molecule has 1 amide bonds. The van der Waals surface area contributed by atoms with Crippen LogP contribution in [0.5, 0.6) is 0 Å². The molecule has 7 nitrogen and oxygen atoms in total. The predicted octanol–water partition coefficient (Wildman–Crippen LogP) is 2.17. The molecule has 2 atom stereocenters. The summed E-state index contributed by atoms with van der Waals surface area (Å²) < 4.78 is 7.36. The highest BCUT2D eigenvalue weighted by Crippen LogP contribution is 2.20. The van der Waals surface area contributed by atoms with Gasteiger partial charge in [-0.2, -0.15) is 5.10 Å². The summed E-state index contributed by atoms with van der Waals surface area (Å²) in [6, 6.07) is 5.63. The third-order valence-corrected chi connectivity index (χ3v) is 3.90. The average Bonchev–Trinajstić information content (AvgIpc) is 3.14. The number of rotatable bonds is 4. The average molecular weight is 388 g/mol. The number of hydrogen-bond acceptors (Lipinski definition) is 5. The summed E-state index contributed by atoms with van der Waals surface area (Å²) in [5.41, 5.74) is 8.15. The Hall–Kier alpha value is -1.67. The molecule has 1 fully saturated rings. The number of aryl methyl sites for hydroxylation is 2. The quantitative estimate of drug-likeness (QED) is 0.837. The predicted molar refractivity (Wildman–Crippen MR) is 101 cm³/mol. The lowest BCUT2D eigenvalue weighted by Crippen LogP contribution is -2.29. The number of anilines is 1. The van der Waals surface area contributed by atoms with Gasteiger partial charge in [0.15, 0.2) is 5.82 Å². The lowest BCUT2D eigenvalue weighted by molar-refractivity contribution is -0.126. The van der Waals surface area contributed by atoms with Crippen molar-refractivity contribution >= 4 is 36.4 Å². The molecule has 3 heterocycles. The Balaban J connectivity index is 0.00000156. The third-order valence-electron chi connectivity index (χ3n) is 3.90. The van der Waals surface area contributed by atoms with Crippen molar-refractivity contribution in [1.82, 2.24) is 14.8 Å². The van der Waals surface area contributed by atoms with Crippen LogP contribution in [0.1, 0.15) is 24.2 Å². The van der Waals surface area contributed by atoms with Crippen molar-refractivity contribution in [3.8, 4) is 5.82 Å². The fourth-order valence-electron chi connectivity index (χ4n) is 2.74. The van der Waals surface area contributed by atoms with Crippen molar-refractivity contribution in [3.05, 3.63) is 35.8 Å². The van der Waals surface area contributed by atoms with Gasteiger partial charge in [0.25, 0.3) is 5.91 Å². The summed E-state index contributed by atoms with van der Waals surface area (Å²) in [5, 5.41) is 7.22. The Morgan fingerprint density at radius 3 is 2.64 bits per heavy atom. The summed E-state index contributed by atoms with van der Waals surface area (Å²) in [5.74, 6) is 0.565. The summed E-state index contributed by atoms with van der Waals surface area (Å²) in [6.07, 6.45) is 2.70. The second-order valence-electron chi connectivity index (χ2n) is 5.79. The van der Waals surface area contributed by atoms with E-state index in [-0.39, 0.29) is 36.8 Å². The van der Waals surface area contributed by atoms with Crippen molar-refractivity contribution in [1.29, 1.82) is 0 Å². The number of carbonyl (C=O) groups excluding carboxylic acids is 1. The SMILES string of the molecule is Cc1cc(C)n(-c2ccc(NC(=O)[C@@H]3CC[C@H](CN)O3)cn2)n1.Cl.Cl. The third kappa shape index (κ3) is 4.92. The Kier molecular flexibility index (Phi) is 7.82. The van der Waals surface area contributed by atoms with Gasteiger partial charge in [-0.15, -0.1) is 24.8 Å². The zero-order chi connectivity index (χ0) is 16.4. The van der Waals surface area contributed by atoms with E-state index in [1.165, 1.54) is 0 Å². The number of nitrogens with two attached hydrogens (primary N) is 1. The molecule has 25 heavy (non-hydrogen) atoms. The molecule has 1 saturated heterocycles. The lowest BCUT2D eigenvalue weighted by atomic mass is 10.2. The van der Waals surface area contributed by atoms with E-state index in [1.807, 2.05) is 32.0 Å². The molecule has 0 aromatic carbocycles. The van der Waals surface area contributed by atoms with Crippen molar-refractivity contribution in [2.75, 3.05) is 11.9 Å². The molecule has 1 aliphatic rings. The van der Waals surface area contributed by atoms with E-state index in [4.69, 9.17) is 10.5 Å². The maximum Gasteiger partial charge on any atom is 0.253 e. The van der Waals surface area contributed by atoms with E-state index in [0.717, 1.165) is 17.8 Å². The van der Waals surface area contributed by atoms with E-state index in [1.54, 1.807) is 10.9 Å². The number of aromatic nitrogens is 3. The van der Waals surface area contributed by atoms with Gasteiger partial charge in [-0.25, -0.2) is 9.67 Å². The Bertz CT molecular complexity index is 705. The maximum atomic E-state index is 12.2. The minimum atomic E-state index is -0.431. The summed E-state index contributed by atoms with van der Waals surface area (Å²) >= 11 is 0. The minimum absolute atomic E-state index is 0. The van der Waals surface area contributed by atoms with Gasteiger partial charge < -0.3 is 15.8 Å². The van der Waals surface area contributed by atoms with Gasteiger partial charge in [-0.3, -0.25) is 4.79 Å². The first-order chi connectivity index (χ1) is 11.1. The topological polar surface area (TPSA) is 95.1 Å². The van der Waals surface area contributed by atoms with Gasteiger partial charge in [0.1, 0.15) is 6.10 Å². The Labute approximate surface area is 159 Å². The van der Waals surface area contributed by atoms with Crippen LogP contribution >= 0.6 is 24.8 Å². The van der Waals surface area contributed by atoms with Crippen LogP contribution in [0.15, 0.2) is 24.4 Å². The van der Waals surface area contributed by atoms with Crippen LogP contribution in [0.3, 0.4) is 0 Å². The van der Waals surface area contributed by atoms with Crippen molar-refractivity contribution in [3.63, 3.8) is 0 Å². The zero-order valence-electron chi connectivity index (χ0n) is 14.1. The molecule has 2 aromatic heterocycles. The highest BCUT2D eigenvalue weighted by atomic mass is 35.5. The number of pyridine rings is 1. The molecule has 2 aromatic rings. The molecule has 0 radical (unpaired) electrons. The Morgan fingerprint density at radius 1 is 1.36 bits per heavy atom. The van der Waals surface area contributed by atoms with Crippen LogP contribution in [0.2, 0.25) is 0 Å². The lowest BCUT2D eigenvalue weighted by Gasteiger charge is -2.12. The monoisotopic (exact) mass is 387 g/mol. The number of nitrogens with zero attached hydrogens (tertiary/aromatic N) is 3. The minimum Gasteiger partial charge on any atom is -0.364 e. The number of amides is 1. The standard InChI is InChI=1S/C16H21N5O2.2ClH/c1-10-7-11(2)21(20-10)15-6-3-12(9-18-15)19-16(22)14-5-4-13(8-17)23-14;;/h3,6-7,9,13-14H,4-5,8,17H2,1-2H3,(H,19,22);2*1H/t13-,14+;;/m1../s1. The van der Waals surface area contributed by atoms with Crippen molar-refractivity contribution < 1.29 is 9.53 Å². The van der Waals surface area contributed by atoms with Gasteiger partial charge in [-0.1, -0.05) is 0 Å². The van der Waals surface area contributed by atoms with Crippen molar-refractivity contribution in [2.45, 2.75) is 38.9 Å². The first-order valence-corrected chi connectivity index (χ1v) is 7.73. The smallest absolute Gasteiger partial charge is 0.253 e. The van der Waals surface area contributed by atoms with E-state index < -0.39 is 6.10 Å². The molecule has 3 rings (SSSR count). The van der Waals surface area contributed by atoms with E-state index in [9.17, 15) is 4.79 Å². The summed E-state index contributed by atoms with van der Waals surface area (Å²) in [6.45, 7) is 4.36. The molecule has 3 N–H and O–H groups in total. The normalized spacial score (nSPS) is 19.0. The van der Waals surface area contributed by atoms with Crippen molar-refractivity contribution in [2.24, 2.45) is 5.73 Å². The fraction of sp³-hybridized carbons (Fsp3) is 0.438. The van der Waals surface area contributed by atoms with Gasteiger partial charge >= 0.3 is 0 Å². The van der Waals surface area contributed by atoms with E-state index >= 15 is 0 Å². The molecule has 1 aliphatic heterocycles. The Morgan fingerprint density at radius 2 is 2.12 bits per heavy atom. The van der Waals surface area contributed by atoms with Crippen LogP contribution in [0.4, 0.5) is 5.69 Å². The molecule has 0 bridgehead atoms. The summed E-state index contributed by atoms with van der Waals surface area (Å²) in [7, 11) is 0. The number of nitrogens with one attached hydrogen (secondary N) is 1. The molecule has 138 valence electrons. The van der Waals surface area contributed by atoms with E-state index in [2.05, 4.69) is 15.4 Å². The number of halogens is 2. The number of ether oxygens (including phenoxy) is 1. The molecule has 0 aliphatic carbocycles. The second kappa shape index (κ2) is 9.15. The number of carbonyl (C=O) groups is 1. The first kappa shape index (κ1) is 21.4. The highest BCUT2D eigenvalue weighted by Gasteiger charge is 2.29. The summed E-state index contributed by atoms with van der Waals surface area (Å²) in [4.78, 5) is 16.5. The maximum absolute atomic E-state index is 12.2. The van der Waals surface area contributed by atoms with Crippen LogP contribution in [0, 0.1) is 13.8 Å². The fourth-order valence-corrected chi connectivity index (χ4v) is 2.74. The molecule has 0 saturated carbocycles.